The van der Waals surface area contributed by atoms with Gasteiger partial charge in [-0.15, -0.1) is 11.3 Å². The SMILES string of the molecule is CN(Cc1nc2ccccc2s1)S(=O)(=O)c1ccc(F)cc1. The van der Waals surface area contributed by atoms with E-state index in [1.54, 1.807) is 0 Å². The number of hydrogen-bond acceptors (Lipinski definition) is 4. The molecule has 2 aromatic carbocycles. The number of hydrogen-bond donors (Lipinski definition) is 0. The molecule has 0 amide bonds. The number of rotatable bonds is 4. The molecule has 0 aliphatic heterocycles. The molecule has 0 saturated heterocycles. The van der Waals surface area contributed by atoms with E-state index < -0.39 is 15.8 Å². The fraction of sp³-hybridized carbons (Fsp3) is 0.133. The number of halogens is 1. The van der Waals surface area contributed by atoms with Crippen LogP contribution in [0, 0.1) is 5.82 Å². The van der Waals surface area contributed by atoms with Gasteiger partial charge < -0.3 is 0 Å². The second-order valence-electron chi connectivity index (χ2n) is 4.79. The van der Waals surface area contributed by atoms with Crippen LogP contribution in [0.2, 0.25) is 0 Å². The standard InChI is InChI=1S/C15H13FN2O2S2/c1-18(22(19,20)12-8-6-11(16)7-9-12)10-15-17-13-4-2-3-5-14(13)21-15/h2-9H,10H2,1H3. The monoisotopic (exact) mass is 336 g/mol. The van der Waals surface area contributed by atoms with Crippen LogP contribution in [-0.4, -0.2) is 24.8 Å². The highest BCUT2D eigenvalue weighted by molar-refractivity contribution is 7.89. The van der Waals surface area contributed by atoms with E-state index in [4.69, 9.17) is 0 Å². The maximum Gasteiger partial charge on any atom is 0.243 e. The Hall–Kier alpha value is -1.83. The first-order chi connectivity index (χ1) is 10.5. The van der Waals surface area contributed by atoms with Gasteiger partial charge in [-0.2, -0.15) is 4.31 Å². The normalized spacial score (nSPS) is 12.1. The maximum absolute atomic E-state index is 12.9. The lowest BCUT2D eigenvalue weighted by molar-refractivity contribution is 0.466. The van der Waals surface area contributed by atoms with Crippen LogP contribution in [-0.2, 0) is 16.6 Å². The van der Waals surface area contributed by atoms with Gasteiger partial charge >= 0.3 is 0 Å². The zero-order chi connectivity index (χ0) is 15.7. The minimum absolute atomic E-state index is 0.0671. The summed E-state index contributed by atoms with van der Waals surface area (Å²) in [6.07, 6.45) is 0. The highest BCUT2D eigenvalue weighted by Crippen LogP contribution is 2.24. The number of thiazole rings is 1. The molecule has 0 aliphatic carbocycles. The van der Waals surface area contributed by atoms with Crippen LogP contribution in [0.15, 0.2) is 53.4 Å². The summed E-state index contributed by atoms with van der Waals surface area (Å²) in [4.78, 5) is 4.49. The van der Waals surface area contributed by atoms with Crippen LogP contribution in [0.3, 0.4) is 0 Å². The number of sulfonamides is 1. The van der Waals surface area contributed by atoms with Crippen LogP contribution in [0.1, 0.15) is 5.01 Å². The van der Waals surface area contributed by atoms with E-state index in [1.807, 2.05) is 24.3 Å². The van der Waals surface area contributed by atoms with Crippen molar-refractivity contribution in [3.8, 4) is 0 Å². The van der Waals surface area contributed by atoms with Gasteiger partial charge in [-0.1, -0.05) is 12.1 Å². The predicted octanol–water partition coefficient (Wildman–Crippen LogP) is 3.26. The summed E-state index contributed by atoms with van der Waals surface area (Å²) in [7, 11) is -2.17. The van der Waals surface area contributed by atoms with E-state index in [1.165, 1.54) is 34.8 Å². The molecular weight excluding hydrogens is 323 g/mol. The van der Waals surface area contributed by atoms with Gasteiger partial charge in [-0.05, 0) is 36.4 Å². The third-order valence-corrected chi connectivity index (χ3v) is 6.06. The van der Waals surface area contributed by atoms with Crippen molar-refractivity contribution >= 4 is 31.6 Å². The van der Waals surface area contributed by atoms with Crippen LogP contribution in [0.4, 0.5) is 4.39 Å². The summed E-state index contributed by atoms with van der Waals surface area (Å²) in [6.45, 7) is 0.180. The molecule has 0 spiro atoms. The fourth-order valence-electron chi connectivity index (χ4n) is 2.05. The van der Waals surface area contributed by atoms with Crippen LogP contribution in [0.25, 0.3) is 10.2 Å². The average molecular weight is 336 g/mol. The third kappa shape index (κ3) is 2.87. The summed E-state index contributed by atoms with van der Waals surface area (Å²) in [6, 6.07) is 12.5. The Bertz CT molecular complexity index is 872. The molecular formula is C15H13FN2O2S2. The second-order valence-corrected chi connectivity index (χ2v) is 7.95. The van der Waals surface area contributed by atoms with Gasteiger partial charge in [0.25, 0.3) is 0 Å². The van der Waals surface area contributed by atoms with Crippen molar-refractivity contribution in [1.29, 1.82) is 0 Å². The first-order valence-electron chi connectivity index (χ1n) is 6.53. The number of nitrogens with zero attached hydrogens (tertiary/aromatic N) is 2. The largest absolute Gasteiger partial charge is 0.243 e. The maximum atomic E-state index is 12.9. The Morgan fingerprint density at radius 3 is 2.50 bits per heavy atom. The lowest BCUT2D eigenvalue weighted by Gasteiger charge is -2.15. The topological polar surface area (TPSA) is 50.3 Å². The Balaban J connectivity index is 1.86. The molecule has 114 valence electrons. The van der Waals surface area contributed by atoms with Crippen molar-refractivity contribution in [1.82, 2.24) is 9.29 Å². The smallest absolute Gasteiger partial charge is 0.240 e. The van der Waals surface area contributed by atoms with Gasteiger partial charge in [0.05, 0.1) is 21.7 Å². The molecule has 1 aromatic heterocycles. The van der Waals surface area contributed by atoms with E-state index in [0.717, 1.165) is 27.4 Å². The summed E-state index contributed by atoms with van der Waals surface area (Å²) in [5, 5.41) is 0.717. The van der Waals surface area contributed by atoms with Crippen molar-refractivity contribution in [2.75, 3.05) is 7.05 Å². The summed E-state index contributed by atoms with van der Waals surface area (Å²) in [5.41, 5.74) is 0.857. The van der Waals surface area contributed by atoms with Crippen LogP contribution < -0.4 is 0 Å². The Labute approximate surface area is 131 Å². The number of aromatic nitrogens is 1. The molecule has 0 N–H and O–H groups in total. The highest BCUT2D eigenvalue weighted by atomic mass is 32.2. The van der Waals surface area contributed by atoms with E-state index in [-0.39, 0.29) is 11.4 Å². The second kappa shape index (κ2) is 5.75. The molecule has 0 bridgehead atoms. The molecule has 3 rings (SSSR count). The number of para-hydroxylation sites is 1. The Morgan fingerprint density at radius 1 is 1.14 bits per heavy atom. The van der Waals surface area contributed by atoms with Crippen molar-refractivity contribution < 1.29 is 12.8 Å². The van der Waals surface area contributed by atoms with Crippen LogP contribution >= 0.6 is 11.3 Å². The predicted molar refractivity (Wildman–Crippen MR) is 84.7 cm³/mol. The summed E-state index contributed by atoms with van der Waals surface area (Å²) >= 11 is 1.46. The fourth-order valence-corrected chi connectivity index (χ4v) is 4.28. The molecule has 0 aliphatic rings. The van der Waals surface area contributed by atoms with Crippen molar-refractivity contribution in [2.45, 2.75) is 11.4 Å². The van der Waals surface area contributed by atoms with Gasteiger partial charge in [0.1, 0.15) is 10.8 Å². The van der Waals surface area contributed by atoms with Gasteiger partial charge in [0.2, 0.25) is 10.0 Å². The number of fused-ring (bicyclic) bond motifs is 1. The van der Waals surface area contributed by atoms with Gasteiger partial charge in [-0.3, -0.25) is 0 Å². The quantitative estimate of drug-likeness (QED) is 0.735. The van der Waals surface area contributed by atoms with E-state index in [0.29, 0.717) is 0 Å². The zero-order valence-electron chi connectivity index (χ0n) is 11.7. The summed E-state index contributed by atoms with van der Waals surface area (Å²) in [5.74, 6) is -0.465. The van der Waals surface area contributed by atoms with E-state index in [2.05, 4.69) is 4.98 Å². The van der Waals surface area contributed by atoms with E-state index in [9.17, 15) is 12.8 Å². The molecule has 0 fully saturated rings. The molecule has 0 unspecified atom stereocenters. The molecule has 0 radical (unpaired) electrons. The lowest BCUT2D eigenvalue weighted by Crippen LogP contribution is -2.26. The first kappa shape index (κ1) is 15.1. The lowest BCUT2D eigenvalue weighted by atomic mass is 10.3. The molecule has 3 aromatic rings. The third-order valence-electron chi connectivity index (χ3n) is 3.22. The average Bonchev–Trinajstić information content (AvgIpc) is 2.89. The minimum atomic E-state index is -3.66. The van der Waals surface area contributed by atoms with Crippen molar-refractivity contribution in [3.63, 3.8) is 0 Å². The number of benzene rings is 2. The van der Waals surface area contributed by atoms with Gasteiger partial charge in [-0.25, -0.2) is 17.8 Å². The Morgan fingerprint density at radius 2 is 1.82 bits per heavy atom. The molecule has 4 nitrogen and oxygen atoms in total. The minimum Gasteiger partial charge on any atom is -0.240 e. The first-order valence-corrected chi connectivity index (χ1v) is 8.79. The zero-order valence-corrected chi connectivity index (χ0v) is 13.4. The van der Waals surface area contributed by atoms with Crippen molar-refractivity contribution in [2.24, 2.45) is 0 Å². The highest BCUT2D eigenvalue weighted by Gasteiger charge is 2.22. The van der Waals surface area contributed by atoms with Crippen molar-refractivity contribution in [3.05, 3.63) is 59.4 Å². The van der Waals surface area contributed by atoms with Gasteiger partial charge in [0.15, 0.2) is 0 Å². The summed E-state index contributed by atoms with van der Waals surface area (Å²) < 4.78 is 40.0. The Kier molecular flexibility index (Phi) is 3.94. The molecule has 22 heavy (non-hydrogen) atoms. The molecule has 0 atom stereocenters. The molecule has 1 heterocycles. The molecule has 7 heteroatoms. The molecule has 0 saturated carbocycles. The van der Waals surface area contributed by atoms with Crippen LogP contribution in [0.5, 0.6) is 0 Å². The van der Waals surface area contributed by atoms with E-state index >= 15 is 0 Å². The van der Waals surface area contributed by atoms with Gasteiger partial charge in [0, 0.05) is 7.05 Å².